The van der Waals surface area contributed by atoms with Crippen LogP contribution in [-0.2, 0) is 23.7 Å². The fraction of sp³-hybridized carbons (Fsp3) is 0.345. The Hall–Kier alpha value is -2.04. The number of carbonyl (C=O) groups is 1. The smallest absolute Gasteiger partial charge is 0.362 e. The van der Waals surface area contributed by atoms with Gasteiger partial charge < -0.3 is 10.2 Å². The molecule has 2 aromatic carbocycles. The molecule has 48 heavy (non-hydrogen) atoms. The van der Waals surface area contributed by atoms with Gasteiger partial charge in [-0.1, -0.05) is 151 Å². The molecule has 2 atom stereocenters. The van der Waals surface area contributed by atoms with Crippen molar-refractivity contribution in [3.8, 4) is 0 Å². The summed E-state index contributed by atoms with van der Waals surface area (Å²) >= 11 is 34.5. The van der Waals surface area contributed by atoms with E-state index in [-0.39, 0.29) is 12.6 Å². The van der Waals surface area contributed by atoms with E-state index in [2.05, 4.69) is 31.1 Å². The molecule has 19 heteroatoms. The number of benzene rings is 2. The van der Waals surface area contributed by atoms with Crippen LogP contribution < -0.4 is 26.1 Å². The number of aliphatic imine (C=N–C) groups is 2. The van der Waals surface area contributed by atoms with Gasteiger partial charge in [-0.2, -0.15) is 8.42 Å². The van der Waals surface area contributed by atoms with E-state index in [1.807, 2.05) is 65.4 Å². The Bertz CT molecular complexity index is 1720. The van der Waals surface area contributed by atoms with E-state index >= 15 is 0 Å². The number of nitrogens with two attached hydrogens (primary N) is 1. The minimum Gasteiger partial charge on any atom is -0.405 e. The predicted octanol–water partition coefficient (Wildman–Crippen LogP) is 4.71. The molecule has 11 nitrogen and oxygen atoms in total. The summed E-state index contributed by atoms with van der Waals surface area (Å²) in [7, 11) is -7.65. The number of aromatic nitrogens is 1. The predicted molar refractivity (Wildman–Crippen MR) is 196 cm³/mol. The topological polar surface area (TPSA) is 149 Å². The van der Waals surface area contributed by atoms with Crippen molar-refractivity contribution in [2.75, 3.05) is 13.2 Å². The third-order valence-electron chi connectivity index (χ3n) is 7.22. The Labute approximate surface area is 310 Å². The van der Waals surface area contributed by atoms with Crippen molar-refractivity contribution in [1.29, 1.82) is 0 Å². The first kappa shape index (κ1) is 38.8. The van der Waals surface area contributed by atoms with Gasteiger partial charge in [0.1, 0.15) is 18.7 Å². The van der Waals surface area contributed by atoms with Gasteiger partial charge in [-0.25, -0.2) is 18.9 Å². The van der Waals surface area contributed by atoms with E-state index in [0.29, 0.717) is 5.69 Å². The molecule has 1 aliphatic heterocycles. The molecular weight excluding hydrogens is 785 g/mol. The molecule has 0 fully saturated rings. The largest absolute Gasteiger partial charge is 0.405 e. The minimum absolute atomic E-state index is 0.0268. The molecule has 2 heterocycles. The van der Waals surface area contributed by atoms with Crippen LogP contribution in [0.3, 0.4) is 0 Å². The average molecular weight is 817 g/mol. The monoisotopic (exact) mass is 814 g/mol. The highest BCUT2D eigenvalue weighted by molar-refractivity contribution is 7.85. The highest BCUT2D eigenvalue weighted by Gasteiger charge is 2.51. The maximum atomic E-state index is 12.7. The number of nitrogens with zero attached hydrogens (tertiary/aromatic N) is 3. The van der Waals surface area contributed by atoms with Crippen LogP contribution in [0.25, 0.3) is 0 Å². The van der Waals surface area contributed by atoms with Crippen molar-refractivity contribution in [1.82, 2.24) is 14.6 Å². The van der Waals surface area contributed by atoms with Crippen molar-refractivity contribution in [2.24, 2.45) is 15.7 Å². The average Bonchev–Trinajstić information content (AvgIpc) is 3.48. The van der Waals surface area contributed by atoms with Crippen molar-refractivity contribution in [3.05, 3.63) is 84.7 Å². The SMILES string of the molecule is CC(C)(C)[Si](OC[C@@H]1N=C(NC(=O)C(Cl)(Cl)Cl)n2cccc2[C@H]1N=C(N)NS(=O)(=O)OCC(Cl)(Cl)Cl)(c1ccccc1)c1ccccc1. The molecule has 260 valence electrons. The first-order valence-electron chi connectivity index (χ1n) is 14.2. The molecule has 0 spiro atoms. The van der Waals surface area contributed by atoms with Gasteiger partial charge in [0.05, 0.1) is 12.3 Å². The standard InChI is InChI=1S/C29H32Cl6N6O5SSi/c1-27(2,3)48(19-11-6-4-7-12-19,20-13-8-5-9-14-20)46-17-21-23(38-25(36)40-47(43,44)45-18-28(30,31)32)22-15-10-16-41(22)26(37-21)39-24(42)29(33,34)35/h4-16,21,23H,17-18H2,1-3H3,(H3,36,38,40)(H,37,39,42)/t21-,23-/m0/s1. The van der Waals surface area contributed by atoms with E-state index in [1.54, 1.807) is 18.3 Å². The first-order valence-corrected chi connectivity index (χ1v) is 19.8. The van der Waals surface area contributed by atoms with Crippen LogP contribution in [-0.4, -0.2) is 66.0 Å². The van der Waals surface area contributed by atoms with Gasteiger partial charge in [-0.05, 0) is 27.5 Å². The van der Waals surface area contributed by atoms with Crippen molar-refractivity contribution in [2.45, 2.75) is 45.5 Å². The molecule has 1 aromatic heterocycles. The first-order chi connectivity index (χ1) is 22.2. The highest BCUT2D eigenvalue weighted by Crippen LogP contribution is 2.38. The Balaban J connectivity index is 1.81. The molecule has 0 unspecified atom stereocenters. The van der Waals surface area contributed by atoms with E-state index in [4.69, 9.17) is 88.9 Å². The number of amides is 1. The molecule has 0 bridgehead atoms. The van der Waals surface area contributed by atoms with Gasteiger partial charge in [0.25, 0.3) is 18.0 Å². The third-order valence-corrected chi connectivity index (χ3v) is 14.0. The molecular formula is C29H32Cl6N6O5SSi. The van der Waals surface area contributed by atoms with E-state index in [9.17, 15) is 13.2 Å². The van der Waals surface area contributed by atoms with Crippen LogP contribution in [0.5, 0.6) is 0 Å². The number of alkyl halides is 6. The zero-order valence-electron chi connectivity index (χ0n) is 25.7. The number of hydrogen-bond donors (Lipinski definition) is 3. The Morgan fingerprint density at radius 3 is 2.02 bits per heavy atom. The summed E-state index contributed by atoms with van der Waals surface area (Å²) in [5.74, 6) is -1.46. The van der Waals surface area contributed by atoms with Crippen LogP contribution in [0.15, 0.2) is 89.0 Å². The molecule has 1 amide bonds. The number of rotatable bonds is 9. The number of halogens is 6. The molecule has 0 aliphatic carbocycles. The molecule has 4 N–H and O–H groups in total. The van der Waals surface area contributed by atoms with Gasteiger partial charge in [0.2, 0.25) is 15.7 Å². The lowest BCUT2D eigenvalue weighted by Crippen LogP contribution is -2.67. The number of nitrogens with one attached hydrogen (secondary N) is 2. The van der Waals surface area contributed by atoms with Crippen LogP contribution in [0, 0.1) is 0 Å². The summed E-state index contributed by atoms with van der Waals surface area (Å²) in [6.45, 7) is 5.50. The summed E-state index contributed by atoms with van der Waals surface area (Å²) in [5, 5.41) is 4.17. The van der Waals surface area contributed by atoms with Gasteiger partial charge in [0.15, 0.2) is 0 Å². The number of hydrogen-bond acceptors (Lipinski definition) is 7. The van der Waals surface area contributed by atoms with Crippen LogP contribution in [0.1, 0.15) is 32.5 Å². The van der Waals surface area contributed by atoms with Gasteiger partial charge in [-0.15, -0.1) is 0 Å². The fourth-order valence-corrected chi connectivity index (χ4v) is 11.1. The second-order valence-electron chi connectivity index (χ2n) is 11.6. The summed E-state index contributed by atoms with van der Waals surface area (Å²) in [4.78, 5) is 22.0. The number of guanidine groups is 1. The lowest BCUT2D eigenvalue weighted by molar-refractivity contribution is -0.118. The van der Waals surface area contributed by atoms with Gasteiger partial charge in [-0.3, -0.25) is 14.7 Å². The highest BCUT2D eigenvalue weighted by atomic mass is 35.6. The van der Waals surface area contributed by atoms with Crippen LogP contribution in [0.4, 0.5) is 0 Å². The van der Waals surface area contributed by atoms with E-state index in [0.717, 1.165) is 10.4 Å². The van der Waals surface area contributed by atoms with Crippen LogP contribution >= 0.6 is 69.6 Å². The van der Waals surface area contributed by atoms with Gasteiger partial charge >= 0.3 is 10.3 Å². The fourth-order valence-electron chi connectivity index (χ4n) is 5.31. The van der Waals surface area contributed by atoms with Crippen molar-refractivity contribution >= 4 is 116 Å². The Morgan fingerprint density at radius 1 is 0.958 bits per heavy atom. The summed E-state index contributed by atoms with van der Waals surface area (Å²) in [5.41, 5.74) is 6.56. The number of fused-ring (bicyclic) bond motifs is 1. The molecule has 0 saturated carbocycles. The Kier molecular flexibility index (Phi) is 12.2. The molecule has 1 aliphatic rings. The van der Waals surface area contributed by atoms with Crippen LogP contribution in [0.2, 0.25) is 5.04 Å². The van der Waals surface area contributed by atoms with Gasteiger partial charge in [0, 0.05) is 6.20 Å². The maximum Gasteiger partial charge on any atom is 0.362 e. The van der Waals surface area contributed by atoms with E-state index < -0.39 is 61.8 Å². The molecule has 0 radical (unpaired) electrons. The van der Waals surface area contributed by atoms with E-state index in [1.165, 1.54) is 4.57 Å². The lowest BCUT2D eigenvalue weighted by Gasteiger charge is -2.44. The summed E-state index contributed by atoms with van der Waals surface area (Å²) in [6.07, 6.45) is 1.60. The quantitative estimate of drug-likeness (QED) is 0.123. The third kappa shape index (κ3) is 9.39. The summed E-state index contributed by atoms with van der Waals surface area (Å²) < 4.78 is 36.2. The number of carbonyl (C=O) groups excluding carboxylic acids is 1. The van der Waals surface area contributed by atoms with Crippen molar-refractivity contribution in [3.63, 3.8) is 0 Å². The second-order valence-corrected chi connectivity index (χ2v) is 22.1. The molecule has 3 aromatic rings. The molecule has 4 rings (SSSR count). The Morgan fingerprint density at radius 2 is 1.52 bits per heavy atom. The zero-order valence-corrected chi connectivity index (χ0v) is 32.1. The lowest BCUT2D eigenvalue weighted by atomic mass is 10.1. The maximum absolute atomic E-state index is 12.7. The summed E-state index contributed by atoms with van der Waals surface area (Å²) in [6, 6.07) is 21.4. The molecule has 0 saturated heterocycles. The zero-order chi connectivity index (χ0) is 35.5. The normalized spacial score (nSPS) is 17.8. The minimum atomic E-state index is -4.54. The second kappa shape index (κ2) is 15.1. The van der Waals surface area contributed by atoms with Crippen molar-refractivity contribution < 1.29 is 21.8 Å².